The van der Waals surface area contributed by atoms with Crippen LogP contribution in [-0.4, -0.2) is 35.7 Å². The van der Waals surface area contributed by atoms with E-state index in [-0.39, 0.29) is 11.6 Å². The van der Waals surface area contributed by atoms with Gasteiger partial charge in [0.25, 0.3) is 0 Å². The maximum Gasteiger partial charge on any atom is 0.0751 e. The van der Waals surface area contributed by atoms with Crippen molar-refractivity contribution in [1.82, 2.24) is 4.90 Å². The first-order valence-corrected chi connectivity index (χ1v) is 6.42. The van der Waals surface area contributed by atoms with Crippen LogP contribution in [0.1, 0.15) is 45.4 Å². The van der Waals surface area contributed by atoms with E-state index in [1.54, 1.807) is 0 Å². The van der Waals surface area contributed by atoms with Crippen molar-refractivity contribution in [1.29, 1.82) is 0 Å². The largest absolute Gasteiger partial charge is 0.391 e. The molecule has 2 fully saturated rings. The standard InChI is InChI=1S/C13H25NO/c1-10-5-4-8-13(9-10,14(2)3)12(15)11-6-7-11/h10-12,15H,4-9H2,1-3H3. The van der Waals surface area contributed by atoms with Gasteiger partial charge in [0, 0.05) is 5.54 Å². The lowest BCUT2D eigenvalue weighted by molar-refractivity contribution is -0.0536. The van der Waals surface area contributed by atoms with Gasteiger partial charge in [0.05, 0.1) is 6.10 Å². The highest BCUT2D eigenvalue weighted by atomic mass is 16.3. The van der Waals surface area contributed by atoms with Gasteiger partial charge >= 0.3 is 0 Å². The molecule has 2 rings (SSSR count). The summed E-state index contributed by atoms with van der Waals surface area (Å²) in [5.74, 6) is 1.37. The van der Waals surface area contributed by atoms with E-state index in [1.165, 1.54) is 38.5 Å². The number of aliphatic hydroxyl groups is 1. The van der Waals surface area contributed by atoms with Crippen LogP contribution >= 0.6 is 0 Å². The molecule has 0 aromatic carbocycles. The zero-order chi connectivity index (χ0) is 11.1. The van der Waals surface area contributed by atoms with Crippen molar-refractivity contribution in [3.05, 3.63) is 0 Å². The molecule has 2 heteroatoms. The molecule has 0 bridgehead atoms. The highest BCUT2D eigenvalue weighted by Gasteiger charge is 2.48. The second-order valence-electron chi connectivity index (χ2n) is 5.98. The van der Waals surface area contributed by atoms with E-state index in [9.17, 15) is 5.11 Å². The predicted octanol–water partition coefficient (Wildman–Crippen LogP) is 2.27. The van der Waals surface area contributed by atoms with Gasteiger partial charge in [-0.15, -0.1) is 0 Å². The summed E-state index contributed by atoms with van der Waals surface area (Å²) in [5, 5.41) is 10.5. The molecule has 15 heavy (non-hydrogen) atoms. The summed E-state index contributed by atoms with van der Waals surface area (Å²) in [7, 11) is 4.28. The van der Waals surface area contributed by atoms with E-state index in [1.807, 2.05) is 0 Å². The Kier molecular flexibility index (Phi) is 3.09. The number of rotatable bonds is 3. The lowest BCUT2D eigenvalue weighted by Crippen LogP contribution is -2.56. The minimum atomic E-state index is -0.0877. The molecule has 0 heterocycles. The third kappa shape index (κ3) is 2.07. The monoisotopic (exact) mass is 211 g/mol. The van der Waals surface area contributed by atoms with Crippen LogP contribution in [0.4, 0.5) is 0 Å². The molecule has 2 saturated carbocycles. The van der Waals surface area contributed by atoms with Crippen LogP contribution < -0.4 is 0 Å². The van der Waals surface area contributed by atoms with Gasteiger partial charge in [-0.25, -0.2) is 0 Å². The van der Waals surface area contributed by atoms with Gasteiger partial charge in [0.1, 0.15) is 0 Å². The Labute approximate surface area is 93.7 Å². The second kappa shape index (κ2) is 4.06. The summed E-state index contributed by atoms with van der Waals surface area (Å²) in [5.41, 5.74) is 0.0822. The number of hydrogen-bond donors (Lipinski definition) is 1. The Morgan fingerprint density at radius 2 is 1.93 bits per heavy atom. The fourth-order valence-electron chi connectivity index (χ4n) is 3.35. The molecule has 2 aliphatic carbocycles. The predicted molar refractivity (Wildman–Crippen MR) is 62.8 cm³/mol. The van der Waals surface area contributed by atoms with Crippen LogP contribution in [-0.2, 0) is 0 Å². The van der Waals surface area contributed by atoms with E-state index >= 15 is 0 Å². The van der Waals surface area contributed by atoms with Crippen molar-refractivity contribution >= 4 is 0 Å². The van der Waals surface area contributed by atoms with Crippen molar-refractivity contribution in [2.45, 2.75) is 57.1 Å². The highest BCUT2D eigenvalue weighted by molar-refractivity contribution is 5.03. The van der Waals surface area contributed by atoms with Gasteiger partial charge in [0.2, 0.25) is 0 Å². The lowest BCUT2D eigenvalue weighted by Gasteiger charge is -2.48. The maximum atomic E-state index is 10.5. The fraction of sp³-hybridized carbons (Fsp3) is 1.00. The van der Waals surface area contributed by atoms with E-state index in [4.69, 9.17) is 0 Å². The van der Waals surface area contributed by atoms with E-state index < -0.39 is 0 Å². The third-order valence-corrected chi connectivity index (χ3v) is 4.52. The highest BCUT2D eigenvalue weighted by Crippen LogP contribution is 2.46. The topological polar surface area (TPSA) is 23.5 Å². The fourth-order valence-corrected chi connectivity index (χ4v) is 3.35. The Balaban J connectivity index is 2.14. The molecule has 0 radical (unpaired) electrons. The van der Waals surface area contributed by atoms with Crippen LogP contribution in [0.15, 0.2) is 0 Å². The van der Waals surface area contributed by atoms with Gasteiger partial charge in [0.15, 0.2) is 0 Å². The quantitative estimate of drug-likeness (QED) is 0.774. The van der Waals surface area contributed by atoms with E-state index in [0.29, 0.717) is 5.92 Å². The van der Waals surface area contributed by atoms with Gasteiger partial charge in [-0.3, -0.25) is 0 Å². The first kappa shape index (κ1) is 11.4. The van der Waals surface area contributed by atoms with Gasteiger partial charge in [-0.1, -0.05) is 19.8 Å². The average molecular weight is 211 g/mol. The van der Waals surface area contributed by atoms with Crippen LogP contribution in [0, 0.1) is 11.8 Å². The average Bonchev–Trinajstić information content (AvgIpc) is 2.99. The van der Waals surface area contributed by atoms with E-state index in [0.717, 1.165) is 5.92 Å². The van der Waals surface area contributed by atoms with Crippen molar-refractivity contribution in [2.75, 3.05) is 14.1 Å². The summed E-state index contributed by atoms with van der Waals surface area (Å²) in [4.78, 5) is 2.30. The molecule has 0 aliphatic heterocycles. The first-order chi connectivity index (χ1) is 7.06. The molecule has 0 saturated heterocycles. The molecular formula is C13H25NO. The first-order valence-electron chi connectivity index (χ1n) is 6.42. The molecule has 0 amide bonds. The van der Waals surface area contributed by atoms with E-state index in [2.05, 4.69) is 25.9 Å². The minimum absolute atomic E-state index is 0.0822. The summed E-state index contributed by atoms with van der Waals surface area (Å²) >= 11 is 0. The molecule has 3 atom stereocenters. The van der Waals surface area contributed by atoms with Gasteiger partial charge in [-0.2, -0.15) is 0 Å². The molecule has 2 nitrogen and oxygen atoms in total. The van der Waals surface area contributed by atoms with Gasteiger partial charge < -0.3 is 10.0 Å². The molecule has 0 spiro atoms. The van der Waals surface area contributed by atoms with Crippen LogP contribution in [0.5, 0.6) is 0 Å². The maximum absolute atomic E-state index is 10.5. The van der Waals surface area contributed by atoms with Crippen LogP contribution in [0.25, 0.3) is 0 Å². The zero-order valence-electron chi connectivity index (χ0n) is 10.4. The normalized spacial score (nSPS) is 39.4. The molecule has 2 aliphatic rings. The number of nitrogens with zero attached hydrogens (tertiary/aromatic N) is 1. The second-order valence-corrected chi connectivity index (χ2v) is 5.98. The molecule has 0 aromatic heterocycles. The van der Waals surface area contributed by atoms with Crippen molar-refractivity contribution in [3.63, 3.8) is 0 Å². The summed E-state index contributed by atoms with van der Waals surface area (Å²) in [6.45, 7) is 2.33. The zero-order valence-corrected chi connectivity index (χ0v) is 10.4. The van der Waals surface area contributed by atoms with Crippen molar-refractivity contribution in [2.24, 2.45) is 11.8 Å². The molecular weight excluding hydrogens is 186 g/mol. The summed E-state index contributed by atoms with van der Waals surface area (Å²) < 4.78 is 0. The molecule has 1 N–H and O–H groups in total. The van der Waals surface area contributed by atoms with Crippen LogP contribution in [0.2, 0.25) is 0 Å². The van der Waals surface area contributed by atoms with Gasteiger partial charge in [-0.05, 0) is 51.6 Å². The Hall–Kier alpha value is -0.0800. The lowest BCUT2D eigenvalue weighted by atomic mass is 9.71. The smallest absolute Gasteiger partial charge is 0.0751 e. The summed E-state index contributed by atoms with van der Waals surface area (Å²) in [6, 6.07) is 0. The Morgan fingerprint density at radius 3 is 2.40 bits per heavy atom. The summed E-state index contributed by atoms with van der Waals surface area (Å²) in [6.07, 6.45) is 7.38. The molecule has 3 unspecified atom stereocenters. The van der Waals surface area contributed by atoms with Crippen molar-refractivity contribution < 1.29 is 5.11 Å². The number of aliphatic hydroxyl groups excluding tert-OH is 1. The van der Waals surface area contributed by atoms with Crippen LogP contribution in [0.3, 0.4) is 0 Å². The Bertz CT molecular complexity index is 225. The molecule has 0 aromatic rings. The minimum Gasteiger partial charge on any atom is -0.391 e. The van der Waals surface area contributed by atoms with Crippen molar-refractivity contribution in [3.8, 4) is 0 Å². The molecule has 88 valence electrons. The third-order valence-electron chi connectivity index (χ3n) is 4.52. The SMILES string of the molecule is CC1CCCC(C(O)C2CC2)(N(C)C)C1. The Morgan fingerprint density at radius 1 is 1.27 bits per heavy atom. The number of likely N-dealkylation sites (N-methyl/N-ethyl adjacent to an activating group) is 1. The number of hydrogen-bond acceptors (Lipinski definition) is 2.